The van der Waals surface area contributed by atoms with Gasteiger partial charge in [-0.1, -0.05) is 12.1 Å². The van der Waals surface area contributed by atoms with Crippen molar-refractivity contribution in [2.24, 2.45) is 0 Å². The first-order chi connectivity index (χ1) is 12.1. The molecule has 1 saturated heterocycles. The van der Waals surface area contributed by atoms with Crippen LogP contribution < -0.4 is 0 Å². The van der Waals surface area contributed by atoms with E-state index in [1.807, 2.05) is 0 Å². The van der Waals surface area contributed by atoms with E-state index in [1.54, 1.807) is 0 Å². The molecule has 0 radical (unpaired) electrons. The molecule has 0 N–H and O–H groups in total. The van der Waals surface area contributed by atoms with Gasteiger partial charge in [-0.25, -0.2) is 8.42 Å². The van der Waals surface area contributed by atoms with Crippen LogP contribution >= 0.6 is 0 Å². The highest BCUT2D eigenvalue weighted by Gasteiger charge is 2.34. The summed E-state index contributed by atoms with van der Waals surface area (Å²) in [7, 11) is -1.66. The third kappa shape index (κ3) is 3.77. The quantitative estimate of drug-likeness (QED) is 0.811. The second kappa shape index (κ2) is 6.46. The van der Waals surface area contributed by atoms with E-state index < -0.39 is 33.5 Å². The van der Waals surface area contributed by atoms with E-state index in [2.05, 4.69) is 0 Å². The van der Waals surface area contributed by atoms with Crippen LogP contribution in [0.25, 0.3) is 11.3 Å². The summed E-state index contributed by atoms with van der Waals surface area (Å²) >= 11 is 0. The standard InChI is InChI=1S/C17H16F3NO4S/c1-21(13-7-8-26(23,24)10-13)16(22)15-6-5-14(25-15)11-3-2-4-12(9-11)17(18,19)20/h2-6,9,13H,7-8,10H2,1H3/t13-/m1/s1. The number of alkyl halides is 3. The molecule has 1 amide bonds. The summed E-state index contributed by atoms with van der Waals surface area (Å²) in [6, 6.07) is 6.97. The van der Waals surface area contributed by atoms with Crippen molar-refractivity contribution in [2.45, 2.75) is 18.6 Å². The van der Waals surface area contributed by atoms with Gasteiger partial charge in [0.15, 0.2) is 15.6 Å². The molecule has 0 bridgehead atoms. The number of carbonyl (C=O) groups is 1. The maximum atomic E-state index is 12.8. The van der Waals surface area contributed by atoms with Crippen LogP contribution in [0.3, 0.4) is 0 Å². The lowest BCUT2D eigenvalue weighted by atomic mass is 10.1. The van der Waals surface area contributed by atoms with Crippen molar-refractivity contribution in [1.29, 1.82) is 0 Å². The molecule has 0 spiro atoms. The van der Waals surface area contributed by atoms with Crippen LogP contribution in [-0.4, -0.2) is 43.8 Å². The fraction of sp³-hybridized carbons (Fsp3) is 0.353. The molecule has 9 heteroatoms. The molecule has 1 aromatic heterocycles. The van der Waals surface area contributed by atoms with Crippen molar-refractivity contribution in [2.75, 3.05) is 18.6 Å². The number of halogens is 3. The van der Waals surface area contributed by atoms with Crippen LogP contribution in [0.5, 0.6) is 0 Å². The fourth-order valence-electron chi connectivity index (χ4n) is 2.88. The van der Waals surface area contributed by atoms with E-state index in [4.69, 9.17) is 4.42 Å². The average molecular weight is 387 g/mol. The summed E-state index contributed by atoms with van der Waals surface area (Å²) in [5.74, 6) is -0.499. The first-order valence-corrected chi connectivity index (χ1v) is 9.64. The lowest BCUT2D eigenvalue weighted by molar-refractivity contribution is -0.137. The molecule has 1 atom stereocenters. The van der Waals surface area contributed by atoms with Crippen LogP contribution in [0.1, 0.15) is 22.5 Å². The monoisotopic (exact) mass is 387 g/mol. The first-order valence-electron chi connectivity index (χ1n) is 7.82. The van der Waals surface area contributed by atoms with Crippen molar-refractivity contribution in [3.05, 3.63) is 47.7 Å². The summed E-state index contributed by atoms with van der Waals surface area (Å²) < 4.78 is 67.0. The third-order valence-electron chi connectivity index (χ3n) is 4.37. The highest BCUT2D eigenvalue weighted by Crippen LogP contribution is 2.33. The molecular formula is C17H16F3NO4S. The molecule has 0 unspecified atom stereocenters. The molecule has 3 rings (SSSR count). The van der Waals surface area contributed by atoms with Gasteiger partial charge >= 0.3 is 6.18 Å². The predicted molar refractivity (Wildman–Crippen MR) is 88.3 cm³/mol. The number of carbonyl (C=O) groups excluding carboxylic acids is 1. The fourth-order valence-corrected chi connectivity index (χ4v) is 4.65. The number of sulfone groups is 1. The lowest BCUT2D eigenvalue weighted by Crippen LogP contribution is -2.37. The predicted octanol–water partition coefficient (Wildman–Crippen LogP) is 3.22. The number of hydrogen-bond acceptors (Lipinski definition) is 4. The van der Waals surface area contributed by atoms with Crippen molar-refractivity contribution >= 4 is 15.7 Å². The normalized spacial score (nSPS) is 19.5. The van der Waals surface area contributed by atoms with Crippen LogP contribution in [0.4, 0.5) is 13.2 Å². The molecule has 2 heterocycles. The van der Waals surface area contributed by atoms with E-state index in [1.165, 1.54) is 36.2 Å². The number of furan rings is 1. The Balaban J connectivity index is 1.81. The van der Waals surface area contributed by atoms with Crippen molar-refractivity contribution in [3.63, 3.8) is 0 Å². The Morgan fingerprint density at radius 2 is 1.96 bits per heavy atom. The second-order valence-corrected chi connectivity index (χ2v) is 8.44. The zero-order chi connectivity index (χ0) is 19.1. The molecule has 26 heavy (non-hydrogen) atoms. The SMILES string of the molecule is CN(C(=O)c1ccc(-c2cccc(C(F)(F)F)c2)o1)[C@@H]1CCS(=O)(=O)C1. The van der Waals surface area contributed by atoms with Gasteiger partial charge in [-0.2, -0.15) is 13.2 Å². The molecule has 1 aromatic carbocycles. The Morgan fingerprint density at radius 1 is 1.23 bits per heavy atom. The minimum atomic E-state index is -4.48. The molecule has 2 aromatic rings. The van der Waals surface area contributed by atoms with Gasteiger partial charge in [0.2, 0.25) is 0 Å². The van der Waals surface area contributed by atoms with Gasteiger partial charge in [0.05, 0.1) is 17.1 Å². The molecular weight excluding hydrogens is 371 g/mol. The summed E-state index contributed by atoms with van der Waals surface area (Å²) in [5.41, 5.74) is -0.613. The Kier molecular flexibility index (Phi) is 4.60. The number of benzene rings is 1. The molecule has 140 valence electrons. The number of nitrogens with zero attached hydrogens (tertiary/aromatic N) is 1. The van der Waals surface area contributed by atoms with E-state index in [-0.39, 0.29) is 28.6 Å². The summed E-state index contributed by atoms with van der Waals surface area (Å²) in [6.07, 6.45) is -4.12. The van der Waals surface area contributed by atoms with Gasteiger partial charge in [0, 0.05) is 18.7 Å². The summed E-state index contributed by atoms with van der Waals surface area (Å²) in [5, 5.41) is 0. The lowest BCUT2D eigenvalue weighted by Gasteiger charge is -2.22. The smallest absolute Gasteiger partial charge is 0.416 e. The van der Waals surface area contributed by atoms with Crippen LogP contribution in [-0.2, 0) is 16.0 Å². The van der Waals surface area contributed by atoms with Gasteiger partial charge in [-0.3, -0.25) is 4.79 Å². The largest absolute Gasteiger partial charge is 0.451 e. The molecule has 5 nitrogen and oxygen atoms in total. The molecule has 0 saturated carbocycles. The topological polar surface area (TPSA) is 67.6 Å². The Morgan fingerprint density at radius 3 is 2.58 bits per heavy atom. The van der Waals surface area contributed by atoms with Crippen LogP contribution in [0.2, 0.25) is 0 Å². The first kappa shape index (κ1) is 18.5. The van der Waals surface area contributed by atoms with Crippen molar-refractivity contribution in [3.8, 4) is 11.3 Å². The second-order valence-electron chi connectivity index (χ2n) is 6.22. The highest BCUT2D eigenvalue weighted by atomic mass is 32.2. The van der Waals surface area contributed by atoms with Crippen molar-refractivity contribution in [1.82, 2.24) is 4.90 Å². The number of rotatable bonds is 3. The molecule has 1 fully saturated rings. The molecule has 0 aliphatic carbocycles. The van der Waals surface area contributed by atoms with Crippen LogP contribution in [0, 0.1) is 0 Å². The van der Waals surface area contributed by atoms with Gasteiger partial charge < -0.3 is 9.32 Å². The van der Waals surface area contributed by atoms with Gasteiger partial charge in [-0.05, 0) is 30.7 Å². The minimum Gasteiger partial charge on any atom is -0.451 e. The van der Waals surface area contributed by atoms with E-state index in [9.17, 15) is 26.4 Å². The van der Waals surface area contributed by atoms with Gasteiger partial charge in [0.1, 0.15) is 5.76 Å². The van der Waals surface area contributed by atoms with Gasteiger partial charge in [0.25, 0.3) is 5.91 Å². The van der Waals surface area contributed by atoms with E-state index in [0.717, 1.165) is 12.1 Å². The van der Waals surface area contributed by atoms with Crippen molar-refractivity contribution < 1.29 is 30.8 Å². The highest BCUT2D eigenvalue weighted by molar-refractivity contribution is 7.91. The number of amides is 1. The molecule has 1 aliphatic rings. The van der Waals surface area contributed by atoms with E-state index >= 15 is 0 Å². The maximum Gasteiger partial charge on any atom is 0.416 e. The maximum absolute atomic E-state index is 12.8. The van der Waals surface area contributed by atoms with Crippen LogP contribution in [0.15, 0.2) is 40.8 Å². The minimum absolute atomic E-state index is 0.0307. The average Bonchev–Trinajstić information content (AvgIpc) is 3.19. The number of hydrogen-bond donors (Lipinski definition) is 0. The molecule has 1 aliphatic heterocycles. The Hall–Kier alpha value is -2.29. The Bertz CT molecular complexity index is 933. The van der Waals surface area contributed by atoms with E-state index in [0.29, 0.717) is 6.42 Å². The zero-order valence-electron chi connectivity index (χ0n) is 13.8. The summed E-state index contributed by atoms with van der Waals surface area (Å²) in [6.45, 7) is 0. The zero-order valence-corrected chi connectivity index (χ0v) is 14.6. The third-order valence-corrected chi connectivity index (χ3v) is 6.12. The summed E-state index contributed by atoms with van der Waals surface area (Å²) in [4.78, 5) is 13.8. The Labute approximate surface area is 148 Å². The van der Waals surface area contributed by atoms with Gasteiger partial charge in [-0.15, -0.1) is 0 Å².